The van der Waals surface area contributed by atoms with E-state index in [1.54, 1.807) is 22.9 Å². The Balaban J connectivity index is 1.75. The number of nitrogens with zero attached hydrogens (tertiary/aromatic N) is 2. The highest BCUT2D eigenvalue weighted by Crippen LogP contribution is 2.23. The van der Waals surface area contributed by atoms with Gasteiger partial charge in [-0.15, -0.1) is 0 Å². The van der Waals surface area contributed by atoms with Crippen molar-refractivity contribution >= 4 is 40.3 Å². The van der Waals surface area contributed by atoms with E-state index in [1.165, 1.54) is 24.3 Å². The van der Waals surface area contributed by atoms with Crippen LogP contribution in [-0.4, -0.2) is 14.9 Å². The number of aromatic nitrogens is 2. The van der Waals surface area contributed by atoms with Crippen molar-refractivity contribution in [3.05, 3.63) is 76.1 Å². The topological polar surface area (TPSA) is 41.9 Å². The Kier molecular flexibility index (Phi) is 5.72. The number of aryl methyl sites for hydroxylation is 1. The third kappa shape index (κ3) is 4.43. The van der Waals surface area contributed by atoms with Crippen molar-refractivity contribution in [3.8, 4) is 0 Å². The van der Waals surface area contributed by atoms with Crippen LogP contribution in [0.2, 0.25) is 5.02 Å². The molecular formula is C19H17ClF2N4S. The Morgan fingerprint density at radius 2 is 1.85 bits per heavy atom. The van der Waals surface area contributed by atoms with E-state index in [2.05, 4.69) is 15.7 Å². The second kappa shape index (κ2) is 8.02. The smallest absolute Gasteiger partial charge is 0.175 e. The molecule has 4 nitrogen and oxygen atoms in total. The summed E-state index contributed by atoms with van der Waals surface area (Å²) in [5.41, 5.74) is 3.39. The van der Waals surface area contributed by atoms with Crippen LogP contribution in [0, 0.1) is 25.5 Å². The Bertz CT molecular complexity index is 1000. The van der Waals surface area contributed by atoms with Gasteiger partial charge in [-0.2, -0.15) is 5.10 Å². The number of rotatable bonds is 4. The van der Waals surface area contributed by atoms with E-state index >= 15 is 0 Å². The summed E-state index contributed by atoms with van der Waals surface area (Å²) >= 11 is 11.1. The van der Waals surface area contributed by atoms with E-state index in [9.17, 15) is 8.78 Å². The van der Waals surface area contributed by atoms with Gasteiger partial charge in [0.25, 0.3) is 0 Å². The monoisotopic (exact) mass is 406 g/mol. The van der Waals surface area contributed by atoms with E-state index in [0.29, 0.717) is 22.9 Å². The van der Waals surface area contributed by atoms with Gasteiger partial charge in [0, 0.05) is 11.3 Å². The van der Waals surface area contributed by atoms with Crippen LogP contribution < -0.4 is 10.6 Å². The number of nitrogens with one attached hydrogen (secondary N) is 2. The Morgan fingerprint density at radius 3 is 2.56 bits per heavy atom. The van der Waals surface area contributed by atoms with Gasteiger partial charge in [0.15, 0.2) is 5.11 Å². The lowest BCUT2D eigenvalue weighted by molar-refractivity contribution is 0.579. The molecule has 0 spiro atoms. The summed E-state index contributed by atoms with van der Waals surface area (Å²) < 4.78 is 28.9. The van der Waals surface area contributed by atoms with E-state index < -0.39 is 5.82 Å². The van der Waals surface area contributed by atoms with Crippen molar-refractivity contribution in [2.24, 2.45) is 0 Å². The molecule has 8 heteroatoms. The number of hydrogen-bond acceptors (Lipinski definition) is 2. The average molecular weight is 407 g/mol. The first-order valence-electron chi connectivity index (χ1n) is 8.15. The first-order valence-corrected chi connectivity index (χ1v) is 8.94. The van der Waals surface area contributed by atoms with E-state index in [1.807, 2.05) is 13.8 Å². The number of anilines is 2. The second-order valence-electron chi connectivity index (χ2n) is 6.00. The van der Waals surface area contributed by atoms with Gasteiger partial charge in [-0.3, -0.25) is 4.68 Å². The van der Waals surface area contributed by atoms with Crippen LogP contribution in [0.25, 0.3) is 0 Å². The minimum Gasteiger partial charge on any atom is -0.332 e. The minimum atomic E-state index is -0.498. The fourth-order valence-electron chi connectivity index (χ4n) is 2.67. The van der Waals surface area contributed by atoms with Crippen LogP contribution in [0.1, 0.15) is 17.0 Å². The Morgan fingerprint density at radius 1 is 1.11 bits per heavy atom. The third-order valence-corrected chi connectivity index (χ3v) is 4.57. The zero-order valence-corrected chi connectivity index (χ0v) is 16.3. The fraction of sp³-hybridized carbons (Fsp3) is 0.158. The van der Waals surface area contributed by atoms with Crippen LogP contribution in [0.5, 0.6) is 0 Å². The molecule has 0 amide bonds. The lowest BCUT2D eigenvalue weighted by Gasteiger charge is -2.12. The van der Waals surface area contributed by atoms with Gasteiger partial charge < -0.3 is 10.6 Å². The van der Waals surface area contributed by atoms with Crippen molar-refractivity contribution in [1.82, 2.24) is 9.78 Å². The Hall–Kier alpha value is -2.51. The standard InChI is InChI=1S/C19H17ClF2N4S/c1-11-18(24-19(27)23-14-7-8-17(22)15(20)9-14)12(2)26(25-11)10-13-5-3-4-6-16(13)21/h3-9H,10H2,1-2H3,(H2,23,24,27). The molecule has 0 aliphatic rings. The number of hydrogen-bond donors (Lipinski definition) is 2. The van der Waals surface area contributed by atoms with Crippen molar-refractivity contribution in [3.63, 3.8) is 0 Å². The molecule has 0 fully saturated rings. The zero-order valence-electron chi connectivity index (χ0n) is 14.7. The fourth-order valence-corrected chi connectivity index (χ4v) is 3.07. The van der Waals surface area contributed by atoms with Crippen LogP contribution in [0.15, 0.2) is 42.5 Å². The lowest BCUT2D eigenvalue weighted by Crippen LogP contribution is -2.20. The number of halogens is 3. The predicted molar refractivity (Wildman–Crippen MR) is 108 cm³/mol. The van der Waals surface area contributed by atoms with E-state index in [0.717, 1.165) is 17.1 Å². The molecule has 0 radical (unpaired) electrons. The SMILES string of the molecule is Cc1nn(Cc2ccccc2F)c(C)c1NC(=S)Nc1ccc(F)c(Cl)c1. The van der Waals surface area contributed by atoms with Gasteiger partial charge in [-0.25, -0.2) is 8.78 Å². The quantitative estimate of drug-likeness (QED) is 0.578. The van der Waals surface area contributed by atoms with Crippen molar-refractivity contribution in [1.29, 1.82) is 0 Å². The third-order valence-electron chi connectivity index (χ3n) is 4.08. The normalized spacial score (nSPS) is 10.7. The Labute approximate surface area is 166 Å². The van der Waals surface area contributed by atoms with Gasteiger partial charge in [0.05, 0.1) is 28.6 Å². The first-order chi connectivity index (χ1) is 12.8. The zero-order chi connectivity index (χ0) is 19.6. The number of benzene rings is 2. The van der Waals surface area contributed by atoms with Crippen molar-refractivity contribution < 1.29 is 8.78 Å². The molecule has 0 saturated heterocycles. The van der Waals surface area contributed by atoms with Gasteiger partial charge in [-0.05, 0) is 50.3 Å². The summed E-state index contributed by atoms with van der Waals surface area (Å²) in [5.74, 6) is -0.771. The molecule has 0 bridgehead atoms. The van der Waals surface area contributed by atoms with Crippen LogP contribution in [-0.2, 0) is 6.54 Å². The second-order valence-corrected chi connectivity index (χ2v) is 6.82. The van der Waals surface area contributed by atoms with Crippen LogP contribution in [0.4, 0.5) is 20.2 Å². The largest absolute Gasteiger partial charge is 0.332 e. The molecule has 0 saturated carbocycles. The molecule has 27 heavy (non-hydrogen) atoms. The summed E-state index contributed by atoms with van der Waals surface area (Å²) in [5, 5.41) is 10.8. The molecule has 3 aromatic rings. The number of thiocarbonyl (C=S) groups is 1. The summed E-state index contributed by atoms with van der Waals surface area (Å²) in [6.45, 7) is 4.03. The summed E-state index contributed by atoms with van der Waals surface area (Å²) in [7, 11) is 0. The summed E-state index contributed by atoms with van der Waals surface area (Å²) in [6.07, 6.45) is 0. The summed E-state index contributed by atoms with van der Waals surface area (Å²) in [6, 6.07) is 10.8. The van der Waals surface area contributed by atoms with Gasteiger partial charge >= 0.3 is 0 Å². The molecule has 2 aromatic carbocycles. The highest BCUT2D eigenvalue weighted by Gasteiger charge is 2.14. The summed E-state index contributed by atoms with van der Waals surface area (Å²) in [4.78, 5) is 0. The molecule has 140 valence electrons. The molecule has 0 aliphatic carbocycles. The average Bonchev–Trinajstić information content (AvgIpc) is 2.88. The molecule has 0 atom stereocenters. The maximum absolute atomic E-state index is 13.9. The van der Waals surface area contributed by atoms with Gasteiger partial charge in [0.1, 0.15) is 11.6 Å². The highest BCUT2D eigenvalue weighted by atomic mass is 35.5. The molecule has 3 rings (SSSR count). The van der Waals surface area contributed by atoms with E-state index in [4.69, 9.17) is 23.8 Å². The van der Waals surface area contributed by atoms with Crippen molar-refractivity contribution in [2.45, 2.75) is 20.4 Å². The maximum Gasteiger partial charge on any atom is 0.175 e. The lowest BCUT2D eigenvalue weighted by atomic mass is 10.2. The molecule has 0 aliphatic heterocycles. The van der Waals surface area contributed by atoms with Crippen LogP contribution in [0.3, 0.4) is 0 Å². The molecule has 0 unspecified atom stereocenters. The molecular weight excluding hydrogens is 390 g/mol. The maximum atomic E-state index is 13.9. The predicted octanol–water partition coefficient (Wildman–Crippen LogP) is 5.29. The van der Waals surface area contributed by atoms with Crippen molar-refractivity contribution in [2.75, 3.05) is 10.6 Å². The molecule has 1 aromatic heterocycles. The first kappa shape index (κ1) is 19.3. The molecule has 2 N–H and O–H groups in total. The van der Waals surface area contributed by atoms with Crippen LogP contribution >= 0.6 is 23.8 Å². The van der Waals surface area contributed by atoms with E-state index in [-0.39, 0.29) is 10.8 Å². The minimum absolute atomic E-state index is 0.00729. The van der Waals surface area contributed by atoms with Gasteiger partial charge in [-0.1, -0.05) is 29.8 Å². The molecule has 1 heterocycles. The highest BCUT2D eigenvalue weighted by molar-refractivity contribution is 7.80. The van der Waals surface area contributed by atoms with Gasteiger partial charge in [0.2, 0.25) is 0 Å².